The van der Waals surface area contributed by atoms with Gasteiger partial charge in [0, 0.05) is 24.0 Å². The Labute approximate surface area is 148 Å². The van der Waals surface area contributed by atoms with E-state index in [9.17, 15) is 13.2 Å². The monoisotopic (exact) mass is 364 g/mol. The van der Waals surface area contributed by atoms with Gasteiger partial charge in [-0.15, -0.1) is 0 Å². The van der Waals surface area contributed by atoms with Gasteiger partial charge in [0.05, 0.1) is 18.4 Å². The van der Waals surface area contributed by atoms with Gasteiger partial charge >= 0.3 is 0 Å². The van der Waals surface area contributed by atoms with Crippen molar-refractivity contribution in [1.29, 1.82) is 0 Å². The molecule has 136 valence electrons. The van der Waals surface area contributed by atoms with Crippen LogP contribution in [0.15, 0.2) is 16.7 Å². The lowest BCUT2D eigenvalue weighted by atomic mass is 9.99. The molecule has 1 aromatic carbocycles. The van der Waals surface area contributed by atoms with Crippen molar-refractivity contribution < 1.29 is 17.6 Å². The number of aryl methyl sites for hydroxylation is 3. The van der Waals surface area contributed by atoms with Crippen LogP contribution in [-0.4, -0.2) is 38.1 Å². The van der Waals surface area contributed by atoms with E-state index >= 15 is 0 Å². The molecule has 0 radical (unpaired) electrons. The van der Waals surface area contributed by atoms with E-state index in [0.717, 1.165) is 27.7 Å². The number of likely N-dealkylation sites (tertiary alicyclic amines) is 1. The zero-order chi connectivity index (χ0) is 18.4. The molecule has 2 aromatic rings. The van der Waals surface area contributed by atoms with Crippen molar-refractivity contribution in [1.82, 2.24) is 4.90 Å². The number of hydrogen-bond acceptors (Lipinski definition) is 4. The Kier molecular flexibility index (Phi) is 4.64. The molecule has 1 aromatic heterocycles. The molecule has 2 heterocycles. The van der Waals surface area contributed by atoms with Crippen molar-refractivity contribution in [2.75, 3.05) is 18.8 Å². The number of hydrogen-bond donors (Lipinski definition) is 1. The van der Waals surface area contributed by atoms with Crippen LogP contribution in [0.25, 0.3) is 11.0 Å². The highest BCUT2D eigenvalue weighted by Gasteiger charge is 2.29. The van der Waals surface area contributed by atoms with Crippen LogP contribution in [0, 0.1) is 26.7 Å². The van der Waals surface area contributed by atoms with Gasteiger partial charge in [-0.05, 0) is 49.8 Å². The summed E-state index contributed by atoms with van der Waals surface area (Å²) >= 11 is 0. The van der Waals surface area contributed by atoms with Crippen LogP contribution >= 0.6 is 0 Å². The van der Waals surface area contributed by atoms with Gasteiger partial charge in [-0.2, -0.15) is 0 Å². The molecule has 25 heavy (non-hydrogen) atoms. The fraction of sp³-hybridized carbons (Fsp3) is 0.500. The average Bonchev–Trinajstić information content (AvgIpc) is 3.10. The van der Waals surface area contributed by atoms with Gasteiger partial charge < -0.3 is 9.32 Å². The van der Waals surface area contributed by atoms with Crippen molar-refractivity contribution in [2.24, 2.45) is 11.1 Å². The summed E-state index contributed by atoms with van der Waals surface area (Å²) < 4.78 is 28.2. The third-order valence-corrected chi connectivity index (χ3v) is 6.01. The van der Waals surface area contributed by atoms with E-state index in [0.29, 0.717) is 19.5 Å². The molecule has 0 spiro atoms. The van der Waals surface area contributed by atoms with Gasteiger partial charge in [0.2, 0.25) is 15.9 Å². The molecule has 1 amide bonds. The number of nitrogens with zero attached hydrogens (tertiary/aromatic N) is 1. The standard InChI is InChI=1S/C18H24N2O4S/c1-11-6-12(2)17-15(9-24-18(17)13(11)3)7-16(21)20-5-4-14(8-20)10-25(19,22)23/h6,9,14H,4-5,7-8,10H2,1-3H3,(H2,19,22,23)/t14-/m0/s1. The van der Waals surface area contributed by atoms with E-state index < -0.39 is 10.0 Å². The maximum Gasteiger partial charge on any atom is 0.227 e. The fourth-order valence-electron chi connectivity index (χ4n) is 3.71. The molecule has 0 bridgehead atoms. The highest BCUT2D eigenvalue weighted by Crippen LogP contribution is 2.30. The number of rotatable bonds is 4. The molecule has 6 nitrogen and oxygen atoms in total. The number of amides is 1. The molecule has 0 unspecified atom stereocenters. The van der Waals surface area contributed by atoms with Gasteiger partial charge in [-0.1, -0.05) is 6.07 Å². The molecule has 3 rings (SSSR count). The van der Waals surface area contributed by atoms with E-state index in [-0.39, 0.29) is 24.0 Å². The first-order chi connectivity index (χ1) is 11.7. The minimum atomic E-state index is -3.50. The Morgan fingerprint density at radius 2 is 2.04 bits per heavy atom. The lowest BCUT2D eigenvalue weighted by Gasteiger charge is -2.16. The molecule has 1 saturated heterocycles. The first kappa shape index (κ1) is 17.9. The molecular weight excluding hydrogens is 340 g/mol. The number of carbonyl (C=O) groups excluding carboxylic acids is 1. The summed E-state index contributed by atoms with van der Waals surface area (Å²) in [7, 11) is -3.50. The Balaban J connectivity index is 1.76. The summed E-state index contributed by atoms with van der Waals surface area (Å²) in [5.74, 6) is -0.146. The molecule has 1 aliphatic heterocycles. The summed E-state index contributed by atoms with van der Waals surface area (Å²) in [5.41, 5.74) is 5.09. The normalized spacial score (nSPS) is 18.2. The summed E-state index contributed by atoms with van der Waals surface area (Å²) in [6.45, 7) is 7.11. The largest absolute Gasteiger partial charge is 0.464 e. The van der Waals surface area contributed by atoms with E-state index in [4.69, 9.17) is 9.56 Å². The van der Waals surface area contributed by atoms with Crippen LogP contribution in [0.4, 0.5) is 0 Å². The quantitative estimate of drug-likeness (QED) is 0.898. The second-order valence-electron chi connectivity index (χ2n) is 7.10. The maximum atomic E-state index is 12.6. The highest BCUT2D eigenvalue weighted by molar-refractivity contribution is 7.89. The predicted octanol–water partition coefficient (Wildman–Crippen LogP) is 2.04. The topological polar surface area (TPSA) is 93.6 Å². The fourth-order valence-corrected chi connectivity index (χ4v) is 4.64. The smallest absolute Gasteiger partial charge is 0.227 e. The zero-order valence-corrected chi connectivity index (χ0v) is 15.6. The third kappa shape index (κ3) is 3.72. The summed E-state index contributed by atoms with van der Waals surface area (Å²) in [6, 6.07) is 2.11. The first-order valence-corrected chi connectivity index (χ1v) is 10.1. The number of carbonyl (C=O) groups is 1. The Morgan fingerprint density at radius 1 is 1.32 bits per heavy atom. The molecule has 0 aliphatic carbocycles. The van der Waals surface area contributed by atoms with Crippen molar-refractivity contribution >= 4 is 26.9 Å². The van der Waals surface area contributed by atoms with Crippen molar-refractivity contribution in [3.63, 3.8) is 0 Å². The Bertz CT molecular complexity index is 930. The van der Waals surface area contributed by atoms with E-state index in [1.807, 2.05) is 20.8 Å². The second-order valence-corrected chi connectivity index (χ2v) is 8.76. The number of nitrogens with two attached hydrogens (primary N) is 1. The van der Waals surface area contributed by atoms with Crippen LogP contribution < -0.4 is 5.14 Å². The van der Waals surface area contributed by atoms with Crippen LogP contribution in [-0.2, 0) is 21.2 Å². The Hall–Kier alpha value is -1.86. The number of furan rings is 1. The van der Waals surface area contributed by atoms with Crippen molar-refractivity contribution in [3.05, 3.63) is 34.6 Å². The summed E-state index contributed by atoms with van der Waals surface area (Å²) in [4.78, 5) is 14.4. The molecule has 2 N–H and O–H groups in total. The van der Waals surface area contributed by atoms with Crippen LogP contribution in [0.5, 0.6) is 0 Å². The first-order valence-electron chi connectivity index (χ1n) is 8.41. The summed E-state index contributed by atoms with van der Waals surface area (Å²) in [6.07, 6.45) is 2.60. The van der Waals surface area contributed by atoms with Gasteiger partial charge in [0.1, 0.15) is 5.58 Å². The lowest BCUT2D eigenvalue weighted by Crippen LogP contribution is -2.31. The van der Waals surface area contributed by atoms with Crippen LogP contribution in [0.2, 0.25) is 0 Å². The number of primary sulfonamides is 1. The number of fused-ring (bicyclic) bond motifs is 1. The average molecular weight is 364 g/mol. The molecule has 1 atom stereocenters. The lowest BCUT2D eigenvalue weighted by molar-refractivity contribution is -0.129. The van der Waals surface area contributed by atoms with Crippen molar-refractivity contribution in [2.45, 2.75) is 33.6 Å². The van der Waals surface area contributed by atoms with E-state index in [1.165, 1.54) is 5.56 Å². The molecular formula is C18H24N2O4S. The number of sulfonamides is 1. The third-order valence-electron chi connectivity index (χ3n) is 5.07. The van der Waals surface area contributed by atoms with Gasteiger partial charge in [0.25, 0.3) is 0 Å². The maximum absolute atomic E-state index is 12.6. The minimum absolute atomic E-state index is 0.00255. The molecule has 1 aliphatic rings. The van der Waals surface area contributed by atoms with Gasteiger partial charge in [-0.25, -0.2) is 13.6 Å². The zero-order valence-electron chi connectivity index (χ0n) is 14.8. The van der Waals surface area contributed by atoms with Crippen LogP contribution in [0.1, 0.15) is 28.7 Å². The van der Waals surface area contributed by atoms with E-state index in [1.54, 1.807) is 11.2 Å². The molecule has 1 fully saturated rings. The molecule has 7 heteroatoms. The van der Waals surface area contributed by atoms with Crippen molar-refractivity contribution in [3.8, 4) is 0 Å². The second kappa shape index (κ2) is 6.46. The SMILES string of the molecule is Cc1cc(C)c2c(CC(=O)N3CC[C@H](CS(N)(=O)=O)C3)coc2c1C. The number of benzene rings is 1. The van der Waals surface area contributed by atoms with Crippen LogP contribution in [0.3, 0.4) is 0 Å². The van der Waals surface area contributed by atoms with Gasteiger partial charge in [0.15, 0.2) is 0 Å². The minimum Gasteiger partial charge on any atom is -0.464 e. The summed E-state index contributed by atoms with van der Waals surface area (Å²) in [5, 5.41) is 6.12. The molecule has 0 saturated carbocycles. The predicted molar refractivity (Wildman–Crippen MR) is 96.8 cm³/mol. The highest BCUT2D eigenvalue weighted by atomic mass is 32.2. The van der Waals surface area contributed by atoms with E-state index in [2.05, 4.69) is 6.07 Å². The Morgan fingerprint density at radius 3 is 2.72 bits per heavy atom. The van der Waals surface area contributed by atoms with Gasteiger partial charge in [-0.3, -0.25) is 4.79 Å².